The summed E-state index contributed by atoms with van der Waals surface area (Å²) in [5.74, 6) is 1.09. The predicted octanol–water partition coefficient (Wildman–Crippen LogP) is 4.72. The van der Waals surface area contributed by atoms with Crippen LogP contribution in [0.2, 0.25) is 0 Å². The van der Waals surface area contributed by atoms with Gasteiger partial charge in [0.25, 0.3) is 5.56 Å². The number of ether oxygens (including phenoxy) is 3. The van der Waals surface area contributed by atoms with Gasteiger partial charge >= 0.3 is 5.97 Å². The predicted molar refractivity (Wildman–Crippen MR) is 150 cm³/mol. The van der Waals surface area contributed by atoms with Crippen LogP contribution in [0.25, 0.3) is 6.08 Å². The highest BCUT2D eigenvalue weighted by molar-refractivity contribution is 7.07. The highest BCUT2D eigenvalue weighted by Gasteiger charge is 2.34. The van der Waals surface area contributed by atoms with Crippen molar-refractivity contribution in [1.82, 2.24) is 4.57 Å². The molecule has 1 aliphatic heterocycles. The van der Waals surface area contributed by atoms with Crippen LogP contribution in [-0.2, 0) is 9.53 Å². The van der Waals surface area contributed by atoms with Crippen LogP contribution in [0, 0.1) is 0 Å². The third-order valence-electron chi connectivity index (χ3n) is 6.30. The van der Waals surface area contributed by atoms with E-state index < -0.39 is 12.0 Å². The van der Waals surface area contributed by atoms with Gasteiger partial charge in [-0.2, -0.15) is 0 Å². The van der Waals surface area contributed by atoms with Gasteiger partial charge in [0.15, 0.2) is 16.3 Å². The molecule has 1 aliphatic rings. The maximum atomic E-state index is 13.8. The minimum absolute atomic E-state index is 0.215. The van der Waals surface area contributed by atoms with Crippen LogP contribution in [0.15, 0.2) is 63.5 Å². The third kappa shape index (κ3) is 5.45. The van der Waals surface area contributed by atoms with Crippen molar-refractivity contribution in [3.8, 4) is 11.5 Å². The number of thiazole rings is 1. The number of nitrogens with zero attached hydrogens (tertiary/aromatic N) is 2. The van der Waals surface area contributed by atoms with Gasteiger partial charge in [-0.25, -0.2) is 9.79 Å². The molecule has 1 unspecified atom stereocenters. The van der Waals surface area contributed by atoms with Crippen molar-refractivity contribution in [3.63, 3.8) is 0 Å². The van der Waals surface area contributed by atoms with Gasteiger partial charge in [0, 0.05) is 0 Å². The molecule has 0 radical (unpaired) electrons. The van der Waals surface area contributed by atoms with Crippen LogP contribution >= 0.6 is 11.3 Å². The highest BCUT2D eigenvalue weighted by Crippen LogP contribution is 2.36. The van der Waals surface area contributed by atoms with Crippen molar-refractivity contribution in [1.29, 1.82) is 0 Å². The molecule has 200 valence electrons. The van der Waals surface area contributed by atoms with Crippen LogP contribution in [-0.4, -0.2) is 30.4 Å². The second-order valence-electron chi connectivity index (χ2n) is 9.20. The van der Waals surface area contributed by atoms with Crippen LogP contribution in [0.1, 0.15) is 70.2 Å². The molecule has 3 aromatic rings. The topological polar surface area (TPSA) is 79.1 Å². The number of benzene rings is 2. The standard InChI is InChI=1S/C30H34N2O5S/c1-7-35-23-15-14-22(17-24(23)36-8-2)27-26(29(34)37-9-3)19(6)31-30-32(27)28(33)25(38-30)16-20-10-12-21(13-11-20)18(4)5/h10-18,27H,7-9H2,1-6H3/b25-16-. The van der Waals surface area contributed by atoms with Gasteiger partial charge in [0.2, 0.25) is 0 Å². The van der Waals surface area contributed by atoms with Gasteiger partial charge in [-0.1, -0.05) is 55.5 Å². The molecule has 0 fully saturated rings. The smallest absolute Gasteiger partial charge is 0.338 e. The van der Waals surface area contributed by atoms with Gasteiger partial charge in [0.05, 0.1) is 41.7 Å². The number of fused-ring (bicyclic) bond motifs is 1. The first kappa shape index (κ1) is 27.4. The van der Waals surface area contributed by atoms with Gasteiger partial charge in [-0.3, -0.25) is 9.36 Å². The molecule has 8 heteroatoms. The summed E-state index contributed by atoms with van der Waals surface area (Å²) in [5, 5.41) is 0. The van der Waals surface area contributed by atoms with Crippen molar-refractivity contribution < 1.29 is 19.0 Å². The van der Waals surface area contributed by atoms with Crippen molar-refractivity contribution in [2.75, 3.05) is 19.8 Å². The molecule has 0 spiro atoms. The highest BCUT2D eigenvalue weighted by atomic mass is 32.1. The van der Waals surface area contributed by atoms with E-state index in [1.807, 2.05) is 50.3 Å². The molecule has 2 heterocycles. The second kappa shape index (κ2) is 11.8. The number of aromatic nitrogens is 1. The monoisotopic (exact) mass is 534 g/mol. The normalized spacial score (nSPS) is 15.3. The van der Waals surface area contributed by atoms with E-state index in [2.05, 4.69) is 31.0 Å². The summed E-state index contributed by atoms with van der Waals surface area (Å²) in [7, 11) is 0. The number of carbonyl (C=O) groups excluding carboxylic acids is 1. The second-order valence-corrected chi connectivity index (χ2v) is 10.2. The molecular formula is C30H34N2O5S. The summed E-state index contributed by atoms with van der Waals surface area (Å²) in [6, 6.07) is 13.0. The van der Waals surface area contributed by atoms with Crippen molar-refractivity contribution in [3.05, 3.63) is 90.1 Å². The molecular weight excluding hydrogens is 500 g/mol. The summed E-state index contributed by atoms with van der Waals surface area (Å²) >= 11 is 1.31. The zero-order valence-electron chi connectivity index (χ0n) is 22.7. The lowest BCUT2D eigenvalue weighted by Crippen LogP contribution is -2.40. The number of esters is 1. The molecule has 0 amide bonds. The number of rotatable bonds is 9. The maximum Gasteiger partial charge on any atom is 0.338 e. The first-order valence-corrected chi connectivity index (χ1v) is 13.8. The number of hydrogen-bond donors (Lipinski definition) is 0. The van der Waals surface area contributed by atoms with Crippen LogP contribution in [0.3, 0.4) is 0 Å². The van der Waals surface area contributed by atoms with E-state index in [4.69, 9.17) is 14.2 Å². The summed E-state index contributed by atoms with van der Waals surface area (Å²) in [6.45, 7) is 12.8. The minimum atomic E-state index is -0.717. The van der Waals surface area contributed by atoms with Gasteiger partial charge < -0.3 is 14.2 Å². The summed E-state index contributed by atoms with van der Waals surface area (Å²) in [5.41, 5.74) is 3.51. The van der Waals surface area contributed by atoms with E-state index in [0.717, 1.165) is 5.56 Å². The van der Waals surface area contributed by atoms with Crippen LogP contribution in [0.4, 0.5) is 0 Å². The Hall–Kier alpha value is -3.65. The Balaban J connectivity index is 1.91. The molecule has 1 atom stereocenters. The average molecular weight is 535 g/mol. The molecule has 2 aromatic carbocycles. The van der Waals surface area contributed by atoms with Crippen LogP contribution < -0.4 is 24.4 Å². The quantitative estimate of drug-likeness (QED) is 0.371. The Labute approximate surface area is 226 Å². The van der Waals surface area contributed by atoms with E-state index in [9.17, 15) is 9.59 Å². The molecule has 0 bridgehead atoms. The zero-order chi connectivity index (χ0) is 27.4. The molecule has 38 heavy (non-hydrogen) atoms. The van der Waals surface area contributed by atoms with E-state index in [0.29, 0.717) is 56.8 Å². The van der Waals surface area contributed by atoms with Crippen molar-refractivity contribution in [2.24, 2.45) is 4.99 Å². The maximum absolute atomic E-state index is 13.8. The Kier molecular flexibility index (Phi) is 8.52. The third-order valence-corrected chi connectivity index (χ3v) is 7.28. The van der Waals surface area contributed by atoms with E-state index in [1.165, 1.54) is 16.9 Å². The lowest BCUT2D eigenvalue weighted by molar-refractivity contribution is -0.139. The summed E-state index contributed by atoms with van der Waals surface area (Å²) in [6.07, 6.45) is 1.87. The lowest BCUT2D eigenvalue weighted by atomic mass is 9.95. The summed E-state index contributed by atoms with van der Waals surface area (Å²) < 4.78 is 19.1. The van der Waals surface area contributed by atoms with E-state index >= 15 is 0 Å². The first-order valence-electron chi connectivity index (χ1n) is 13.0. The van der Waals surface area contributed by atoms with Gasteiger partial charge in [-0.15, -0.1) is 0 Å². The Morgan fingerprint density at radius 1 is 1.03 bits per heavy atom. The number of carbonyl (C=O) groups is 1. The van der Waals surface area contributed by atoms with Crippen LogP contribution in [0.5, 0.6) is 11.5 Å². The van der Waals surface area contributed by atoms with Crippen molar-refractivity contribution >= 4 is 23.4 Å². The van der Waals surface area contributed by atoms with E-state index in [-0.39, 0.29) is 12.2 Å². The molecule has 0 N–H and O–H groups in total. The fraction of sp³-hybridized carbons (Fsp3) is 0.367. The number of allylic oxidation sites excluding steroid dienone is 1. The molecule has 0 saturated heterocycles. The fourth-order valence-corrected chi connectivity index (χ4v) is 5.52. The van der Waals surface area contributed by atoms with Gasteiger partial charge in [-0.05, 0) is 68.5 Å². The van der Waals surface area contributed by atoms with E-state index in [1.54, 1.807) is 18.4 Å². The van der Waals surface area contributed by atoms with Gasteiger partial charge in [0.1, 0.15) is 0 Å². The van der Waals surface area contributed by atoms with Crippen molar-refractivity contribution in [2.45, 2.75) is 53.5 Å². The average Bonchev–Trinajstić information content (AvgIpc) is 3.19. The Morgan fingerprint density at radius 3 is 2.34 bits per heavy atom. The molecule has 0 aliphatic carbocycles. The number of hydrogen-bond acceptors (Lipinski definition) is 7. The zero-order valence-corrected chi connectivity index (χ0v) is 23.6. The fourth-order valence-electron chi connectivity index (χ4n) is 4.47. The minimum Gasteiger partial charge on any atom is -0.490 e. The molecule has 0 saturated carbocycles. The summed E-state index contributed by atoms with van der Waals surface area (Å²) in [4.78, 5) is 32.2. The molecule has 7 nitrogen and oxygen atoms in total. The Bertz CT molecular complexity index is 1530. The Morgan fingerprint density at radius 2 is 1.71 bits per heavy atom. The molecule has 1 aromatic heterocycles. The molecule has 4 rings (SSSR count). The lowest BCUT2D eigenvalue weighted by Gasteiger charge is -2.25. The SMILES string of the molecule is CCOC(=O)C1=C(C)N=c2s/c(=C\c3ccc(C(C)C)cc3)c(=O)n2C1c1ccc(OCC)c(OCC)c1. The largest absolute Gasteiger partial charge is 0.490 e. The first-order chi connectivity index (χ1) is 18.3.